The van der Waals surface area contributed by atoms with Gasteiger partial charge < -0.3 is 25.0 Å². The van der Waals surface area contributed by atoms with Crippen LogP contribution in [0.15, 0.2) is 60.3 Å². The van der Waals surface area contributed by atoms with E-state index in [1.54, 1.807) is 12.2 Å². The van der Waals surface area contributed by atoms with Gasteiger partial charge in [-0.25, -0.2) is 0 Å². The summed E-state index contributed by atoms with van der Waals surface area (Å²) in [5, 5.41) is 24.9. The summed E-state index contributed by atoms with van der Waals surface area (Å²) < 4.78 is 12.0. The first-order valence-electron chi connectivity index (χ1n) is 14.0. The Morgan fingerprint density at radius 2 is 2.00 bits per heavy atom. The molecule has 1 aliphatic carbocycles. The molecule has 3 aliphatic heterocycles. The van der Waals surface area contributed by atoms with E-state index in [2.05, 4.69) is 44.0 Å². The first kappa shape index (κ1) is 28.0. The van der Waals surface area contributed by atoms with Crippen LogP contribution in [0.5, 0.6) is 0 Å². The Labute approximate surface area is 222 Å². The first-order valence-corrected chi connectivity index (χ1v) is 14.0. The van der Waals surface area contributed by atoms with Crippen molar-refractivity contribution in [3.05, 3.63) is 60.3 Å². The van der Waals surface area contributed by atoms with Gasteiger partial charge in [-0.15, -0.1) is 0 Å². The topological polar surface area (TPSA) is 88.0 Å². The smallest absolute Gasteiger partial charge is 0.243 e. The van der Waals surface area contributed by atoms with Crippen LogP contribution in [0.2, 0.25) is 0 Å². The van der Waals surface area contributed by atoms with Gasteiger partial charge in [-0.05, 0) is 82.1 Å². The average molecular weight is 512 g/mol. The summed E-state index contributed by atoms with van der Waals surface area (Å²) >= 11 is 0. The second-order valence-electron chi connectivity index (χ2n) is 11.7. The fourth-order valence-corrected chi connectivity index (χ4v) is 6.00. The molecule has 6 heteroatoms. The van der Waals surface area contributed by atoms with Gasteiger partial charge in [0, 0.05) is 0 Å². The van der Waals surface area contributed by atoms with Crippen molar-refractivity contribution in [1.82, 2.24) is 5.32 Å². The number of carbonyl (C=O) groups excluding carboxylic acids is 1. The molecule has 3 N–H and O–H groups in total. The molecule has 1 fully saturated rings. The van der Waals surface area contributed by atoms with Gasteiger partial charge in [-0.1, -0.05) is 61.1 Å². The molecule has 1 amide bonds. The number of carbonyl (C=O) groups is 1. The normalized spacial score (nSPS) is 38.8. The summed E-state index contributed by atoms with van der Waals surface area (Å²) in [4.78, 5) is 12.8. The van der Waals surface area contributed by atoms with Gasteiger partial charge in [0.05, 0.1) is 43.2 Å². The molecule has 4 rings (SSSR count). The minimum absolute atomic E-state index is 0.0385. The van der Waals surface area contributed by atoms with Crippen LogP contribution in [0.25, 0.3) is 0 Å². The summed E-state index contributed by atoms with van der Waals surface area (Å²) in [6.07, 6.45) is 18.5. The highest BCUT2D eigenvalue weighted by atomic mass is 16.5. The molecular weight excluding hydrogens is 466 g/mol. The second kappa shape index (κ2) is 13.2. The molecule has 9 atom stereocenters. The monoisotopic (exact) mass is 511 g/mol. The molecule has 4 aliphatic rings. The zero-order chi connectivity index (χ0) is 26.4. The molecule has 0 spiro atoms. The molecule has 2 bridgehead atoms. The van der Waals surface area contributed by atoms with E-state index in [-0.39, 0.29) is 36.1 Å². The molecule has 1 unspecified atom stereocenters. The van der Waals surface area contributed by atoms with Gasteiger partial charge in [0.15, 0.2) is 0 Å². The maximum Gasteiger partial charge on any atom is 0.243 e. The summed E-state index contributed by atoms with van der Waals surface area (Å²) in [6.45, 7) is 9.15. The van der Waals surface area contributed by atoms with Crippen molar-refractivity contribution in [2.24, 2.45) is 17.8 Å². The number of amides is 1. The lowest BCUT2D eigenvalue weighted by Gasteiger charge is -2.28. The third-order valence-corrected chi connectivity index (χ3v) is 8.11. The minimum Gasteiger partial charge on any atom is -0.392 e. The van der Waals surface area contributed by atoms with Crippen LogP contribution in [-0.2, 0) is 14.3 Å². The molecule has 6 nitrogen and oxygen atoms in total. The highest BCUT2D eigenvalue weighted by molar-refractivity contribution is 5.87. The van der Waals surface area contributed by atoms with Crippen molar-refractivity contribution >= 4 is 5.91 Å². The zero-order valence-corrected chi connectivity index (χ0v) is 22.4. The Morgan fingerprint density at radius 3 is 2.81 bits per heavy atom. The lowest BCUT2D eigenvalue weighted by atomic mass is 9.90. The lowest BCUT2D eigenvalue weighted by molar-refractivity contribution is -0.117. The van der Waals surface area contributed by atoms with E-state index in [9.17, 15) is 15.0 Å². The van der Waals surface area contributed by atoms with Crippen LogP contribution in [0.1, 0.15) is 65.2 Å². The Kier molecular flexibility index (Phi) is 9.99. The molecule has 204 valence electrons. The number of hydrogen-bond donors (Lipinski definition) is 3. The van der Waals surface area contributed by atoms with Gasteiger partial charge in [0.2, 0.25) is 5.91 Å². The van der Waals surface area contributed by atoms with Crippen LogP contribution >= 0.6 is 0 Å². The van der Waals surface area contributed by atoms with Crippen LogP contribution in [-0.4, -0.2) is 59.3 Å². The lowest BCUT2D eigenvalue weighted by Crippen LogP contribution is -2.42. The van der Waals surface area contributed by atoms with Gasteiger partial charge >= 0.3 is 0 Å². The number of rotatable bonds is 3. The van der Waals surface area contributed by atoms with Crippen molar-refractivity contribution in [2.45, 2.75) is 102 Å². The van der Waals surface area contributed by atoms with Crippen molar-refractivity contribution in [1.29, 1.82) is 0 Å². The van der Waals surface area contributed by atoms with Crippen molar-refractivity contribution < 1.29 is 24.5 Å². The fourth-order valence-electron chi connectivity index (χ4n) is 6.00. The van der Waals surface area contributed by atoms with Gasteiger partial charge in [0.25, 0.3) is 0 Å². The van der Waals surface area contributed by atoms with Crippen LogP contribution < -0.4 is 5.32 Å². The Balaban J connectivity index is 1.44. The van der Waals surface area contributed by atoms with Gasteiger partial charge in [-0.2, -0.15) is 0 Å². The first-order chi connectivity index (χ1) is 17.8. The molecule has 0 aromatic rings. The fraction of sp³-hybridized carbons (Fsp3) is 0.645. The van der Waals surface area contributed by atoms with E-state index in [0.717, 1.165) is 37.7 Å². The highest BCUT2D eigenvalue weighted by Gasteiger charge is 2.44. The van der Waals surface area contributed by atoms with E-state index >= 15 is 0 Å². The minimum atomic E-state index is -0.836. The quantitative estimate of drug-likeness (QED) is 0.484. The van der Waals surface area contributed by atoms with Crippen LogP contribution in [0, 0.1) is 17.8 Å². The Bertz CT molecular complexity index is 921. The number of aliphatic hydroxyl groups is 2. The van der Waals surface area contributed by atoms with Crippen molar-refractivity contribution in [3.63, 3.8) is 0 Å². The van der Waals surface area contributed by atoms with Gasteiger partial charge in [0.1, 0.15) is 0 Å². The second-order valence-corrected chi connectivity index (χ2v) is 11.7. The highest BCUT2D eigenvalue weighted by Crippen LogP contribution is 2.46. The van der Waals surface area contributed by atoms with E-state index in [1.165, 1.54) is 5.57 Å². The molecule has 0 aromatic carbocycles. The maximum absolute atomic E-state index is 12.8. The summed E-state index contributed by atoms with van der Waals surface area (Å²) in [5.74, 6) is 0.665. The molecule has 37 heavy (non-hydrogen) atoms. The molecule has 0 aromatic heterocycles. The van der Waals surface area contributed by atoms with E-state index in [0.29, 0.717) is 31.8 Å². The SMILES string of the molecule is C=C1C[C@H](C)C[C@@H]2CC=C[C@@H](CC=CC(=O)N[C@H]([C@@H](O)C=C[C@@H]3CC(C)=CCO3)C[C@@H]3CC3[C@@H](O)C1)O2. The Morgan fingerprint density at radius 1 is 1.16 bits per heavy atom. The average Bonchev–Trinajstić information content (AvgIpc) is 3.61. The van der Waals surface area contributed by atoms with Crippen LogP contribution in [0.3, 0.4) is 0 Å². The third-order valence-electron chi connectivity index (χ3n) is 8.11. The molecule has 0 radical (unpaired) electrons. The third kappa shape index (κ3) is 8.78. The molecule has 0 saturated heterocycles. The summed E-state index contributed by atoms with van der Waals surface area (Å²) in [6, 6.07) is -0.437. The maximum atomic E-state index is 12.8. The predicted octanol–water partition coefficient (Wildman–Crippen LogP) is 4.55. The van der Waals surface area contributed by atoms with E-state index in [1.807, 2.05) is 12.2 Å². The number of nitrogens with one attached hydrogen (secondary N) is 1. The van der Waals surface area contributed by atoms with E-state index < -0.39 is 18.2 Å². The number of aliphatic hydroxyl groups excluding tert-OH is 2. The van der Waals surface area contributed by atoms with Gasteiger partial charge in [-0.3, -0.25) is 4.79 Å². The van der Waals surface area contributed by atoms with E-state index in [4.69, 9.17) is 9.47 Å². The standard InChI is InChI=1S/C31H45NO5/c1-20-12-13-36-25(15-20)10-11-29(33)28-19-23-18-27(23)30(34)17-22(3)14-21(2)16-26-8-4-6-24(37-26)7-5-9-31(35)32-28/h4-6,9-12,21,23-30,33-34H,3,7-8,13-19H2,1-2H3,(H,32,35)/t21-,23-,24-,25+,26-,27?,28-,29-,30-/m0/s1. The summed E-state index contributed by atoms with van der Waals surface area (Å²) in [7, 11) is 0. The number of ether oxygens (including phenoxy) is 2. The van der Waals surface area contributed by atoms with Crippen molar-refractivity contribution in [3.8, 4) is 0 Å². The number of fused-ring (bicyclic) bond motifs is 3. The number of hydrogen-bond acceptors (Lipinski definition) is 5. The zero-order valence-electron chi connectivity index (χ0n) is 22.4. The van der Waals surface area contributed by atoms with Crippen molar-refractivity contribution in [2.75, 3.05) is 6.61 Å². The molecular formula is C31H45NO5. The summed E-state index contributed by atoms with van der Waals surface area (Å²) in [5.41, 5.74) is 2.36. The molecule has 1 saturated carbocycles. The van der Waals surface area contributed by atoms with Crippen LogP contribution in [0.4, 0.5) is 0 Å². The molecule has 3 heterocycles. The largest absolute Gasteiger partial charge is 0.392 e. The Hall–Kier alpha value is -1.99. The predicted molar refractivity (Wildman–Crippen MR) is 146 cm³/mol.